The molecule has 0 bridgehead atoms. The molecule has 2 aromatic rings. The van der Waals surface area contributed by atoms with Gasteiger partial charge >= 0.3 is 0 Å². The molecule has 0 aliphatic carbocycles. The Morgan fingerprint density at radius 2 is 1.96 bits per heavy atom. The number of nitrogens with one attached hydrogen (secondary N) is 1. The summed E-state index contributed by atoms with van der Waals surface area (Å²) in [5.74, 6) is -0.250. The van der Waals surface area contributed by atoms with E-state index in [1.54, 1.807) is 19.1 Å². The van der Waals surface area contributed by atoms with Crippen LogP contribution in [0, 0.1) is 5.82 Å². The molecular formula is C18H18Cl2FNO4. The number of amides is 1. The first kappa shape index (κ1) is 20.3. The van der Waals surface area contributed by atoms with Crippen molar-refractivity contribution in [3.63, 3.8) is 0 Å². The number of aliphatic hydroxyl groups excluding tert-OH is 1. The van der Waals surface area contributed by atoms with Crippen molar-refractivity contribution in [1.82, 2.24) is 5.32 Å². The maximum atomic E-state index is 13.7. The minimum absolute atomic E-state index is 0.0670. The molecule has 0 aliphatic heterocycles. The molecule has 140 valence electrons. The van der Waals surface area contributed by atoms with Crippen LogP contribution in [0.2, 0.25) is 10.0 Å². The molecule has 1 unspecified atom stereocenters. The van der Waals surface area contributed by atoms with Crippen molar-refractivity contribution in [2.45, 2.75) is 13.0 Å². The lowest BCUT2D eigenvalue weighted by Gasteiger charge is -2.17. The summed E-state index contributed by atoms with van der Waals surface area (Å²) in [6, 6.07) is 6.59. The van der Waals surface area contributed by atoms with Crippen LogP contribution in [-0.4, -0.2) is 31.3 Å². The van der Waals surface area contributed by atoms with Crippen molar-refractivity contribution in [1.29, 1.82) is 0 Å². The van der Waals surface area contributed by atoms with E-state index in [0.717, 1.165) is 0 Å². The van der Waals surface area contributed by atoms with Crippen LogP contribution >= 0.6 is 23.2 Å². The first-order valence-electron chi connectivity index (χ1n) is 7.74. The van der Waals surface area contributed by atoms with Gasteiger partial charge in [0.05, 0.1) is 24.8 Å². The molecule has 8 heteroatoms. The number of carbonyl (C=O) groups is 1. The normalized spacial score (nSPS) is 11.8. The number of halogens is 3. The van der Waals surface area contributed by atoms with Gasteiger partial charge in [0.15, 0.2) is 11.5 Å². The topological polar surface area (TPSA) is 67.8 Å². The van der Waals surface area contributed by atoms with E-state index < -0.39 is 17.8 Å². The molecule has 0 spiro atoms. The predicted octanol–water partition coefficient (Wildman–Crippen LogP) is 4.00. The summed E-state index contributed by atoms with van der Waals surface area (Å²) in [5, 5.41) is 11.8. The van der Waals surface area contributed by atoms with Crippen LogP contribution in [0.5, 0.6) is 11.5 Å². The zero-order valence-corrected chi connectivity index (χ0v) is 15.7. The van der Waals surface area contributed by atoms with Crippen molar-refractivity contribution in [3.8, 4) is 11.5 Å². The molecule has 0 aromatic heterocycles. The average Bonchev–Trinajstić information content (AvgIpc) is 2.62. The molecule has 0 saturated heterocycles. The van der Waals surface area contributed by atoms with Crippen LogP contribution in [0.3, 0.4) is 0 Å². The number of hydrogen-bond donors (Lipinski definition) is 2. The highest BCUT2D eigenvalue weighted by molar-refractivity contribution is 6.35. The van der Waals surface area contributed by atoms with E-state index in [1.165, 1.54) is 25.3 Å². The lowest BCUT2D eigenvalue weighted by atomic mass is 10.1. The Kier molecular flexibility index (Phi) is 7.08. The fourth-order valence-corrected chi connectivity index (χ4v) is 2.86. The highest BCUT2D eigenvalue weighted by Gasteiger charge is 2.18. The number of methoxy groups -OCH3 is 1. The smallest absolute Gasteiger partial charge is 0.251 e. The van der Waals surface area contributed by atoms with E-state index in [4.69, 9.17) is 37.8 Å². The standard InChI is InChI=1S/C18H18Cl2FNO4/c1-10(12-8-15(21)14(20)9-13(12)19)22-18(24)11-3-4-16(25-2)17(7-11)26-6-5-23/h3-4,7-10,23H,5-6H2,1-2H3,(H,22,24). The van der Waals surface area contributed by atoms with Gasteiger partial charge in [-0.2, -0.15) is 0 Å². The van der Waals surface area contributed by atoms with E-state index in [9.17, 15) is 9.18 Å². The first-order valence-corrected chi connectivity index (χ1v) is 8.50. The van der Waals surface area contributed by atoms with Crippen LogP contribution in [0.15, 0.2) is 30.3 Å². The van der Waals surface area contributed by atoms with Gasteiger partial charge in [0, 0.05) is 10.6 Å². The summed E-state index contributed by atoms with van der Waals surface area (Å²) in [4.78, 5) is 12.5. The van der Waals surface area contributed by atoms with E-state index in [1.807, 2.05) is 0 Å². The molecule has 0 saturated carbocycles. The fourth-order valence-electron chi connectivity index (χ4n) is 2.31. The fraction of sp³-hybridized carbons (Fsp3) is 0.278. The summed E-state index contributed by atoms with van der Waals surface area (Å²) in [5.41, 5.74) is 0.725. The number of rotatable bonds is 7. The quantitative estimate of drug-likeness (QED) is 0.687. The minimum Gasteiger partial charge on any atom is -0.493 e. The molecule has 1 amide bonds. The minimum atomic E-state index is -0.615. The van der Waals surface area contributed by atoms with Gasteiger partial charge in [0.2, 0.25) is 0 Å². The summed E-state index contributed by atoms with van der Waals surface area (Å²) in [6.45, 7) is 1.58. The van der Waals surface area contributed by atoms with Crippen LogP contribution in [0.1, 0.15) is 28.9 Å². The average molecular weight is 402 g/mol. The third kappa shape index (κ3) is 4.78. The van der Waals surface area contributed by atoms with Crippen molar-refractivity contribution in [3.05, 3.63) is 57.3 Å². The van der Waals surface area contributed by atoms with Crippen LogP contribution in [0.4, 0.5) is 4.39 Å². The molecule has 0 aliphatic rings. The summed E-state index contributed by atoms with van der Waals surface area (Å²) in [6.07, 6.45) is 0. The second-order valence-electron chi connectivity index (χ2n) is 5.42. The number of benzene rings is 2. The molecular weight excluding hydrogens is 384 g/mol. The molecule has 26 heavy (non-hydrogen) atoms. The molecule has 2 N–H and O–H groups in total. The Bertz CT molecular complexity index is 801. The van der Waals surface area contributed by atoms with E-state index >= 15 is 0 Å². The van der Waals surface area contributed by atoms with Crippen LogP contribution in [0.25, 0.3) is 0 Å². The zero-order valence-electron chi connectivity index (χ0n) is 14.2. The molecule has 2 rings (SSSR count). The third-order valence-electron chi connectivity index (χ3n) is 3.63. The highest BCUT2D eigenvalue weighted by Crippen LogP contribution is 2.30. The Labute approximate surface area is 160 Å². The maximum absolute atomic E-state index is 13.7. The lowest BCUT2D eigenvalue weighted by molar-refractivity contribution is 0.0939. The molecule has 0 radical (unpaired) electrons. The number of carbonyl (C=O) groups excluding carboxylic acids is 1. The maximum Gasteiger partial charge on any atom is 0.251 e. The third-order valence-corrected chi connectivity index (χ3v) is 4.25. The van der Waals surface area contributed by atoms with Crippen molar-refractivity contribution < 1.29 is 23.8 Å². The molecule has 5 nitrogen and oxygen atoms in total. The molecule has 2 aromatic carbocycles. The Morgan fingerprint density at radius 3 is 2.62 bits per heavy atom. The van der Waals surface area contributed by atoms with Crippen molar-refractivity contribution in [2.24, 2.45) is 0 Å². The Hall–Kier alpha value is -2.02. The van der Waals surface area contributed by atoms with Gasteiger partial charge in [0.1, 0.15) is 12.4 Å². The number of hydrogen-bond acceptors (Lipinski definition) is 4. The van der Waals surface area contributed by atoms with Gasteiger partial charge in [-0.15, -0.1) is 0 Å². The molecule has 0 heterocycles. The summed E-state index contributed by atoms with van der Waals surface area (Å²) < 4.78 is 24.2. The Morgan fingerprint density at radius 1 is 1.23 bits per heavy atom. The monoisotopic (exact) mass is 401 g/mol. The zero-order chi connectivity index (χ0) is 19.3. The van der Waals surface area contributed by atoms with Crippen molar-refractivity contribution >= 4 is 29.1 Å². The number of ether oxygens (including phenoxy) is 2. The van der Waals surface area contributed by atoms with Gasteiger partial charge in [0.25, 0.3) is 5.91 Å². The summed E-state index contributed by atoms with van der Waals surface area (Å²) >= 11 is 11.8. The van der Waals surface area contributed by atoms with Gasteiger partial charge in [-0.25, -0.2) is 4.39 Å². The van der Waals surface area contributed by atoms with Crippen molar-refractivity contribution in [2.75, 3.05) is 20.3 Å². The lowest BCUT2D eigenvalue weighted by Crippen LogP contribution is -2.27. The second-order valence-corrected chi connectivity index (χ2v) is 6.24. The van der Waals surface area contributed by atoms with Gasteiger partial charge in [-0.05, 0) is 42.8 Å². The largest absolute Gasteiger partial charge is 0.493 e. The van der Waals surface area contributed by atoms with Gasteiger partial charge < -0.3 is 19.9 Å². The Balaban J connectivity index is 2.20. The van der Waals surface area contributed by atoms with E-state index in [-0.39, 0.29) is 23.3 Å². The second kappa shape index (κ2) is 9.07. The van der Waals surface area contributed by atoms with E-state index in [2.05, 4.69) is 5.32 Å². The van der Waals surface area contributed by atoms with Gasteiger partial charge in [-0.1, -0.05) is 23.2 Å². The number of aliphatic hydroxyl groups is 1. The highest BCUT2D eigenvalue weighted by atomic mass is 35.5. The first-order chi connectivity index (χ1) is 12.4. The van der Waals surface area contributed by atoms with Crippen LogP contribution < -0.4 is 14.8 Å². The molecule has 1 atom stereocenters. The summed E-state index contributed by atoms with van der Waals surface area (Å²) in [7, 11) is 1.47. The molecule has 0 fully saturated rings. The predicted molar refractivity (Wildman–Crippen MR) is 97.9 cm³/mol. The SMILES string of the molecule is COc1ccc(C(=O)NC(C)c2cc(F)c(Cl)cc2Cl)cc1OCCO. The van der Waals surface area contributed by atoms with E-state index in [0.29, 0.717) is 22.6 Å². The van der Waals surface area contributed by atoms with Crippen LogP contribution in [-0.2, 0) is 0 Å². The van der Waals surface area contributed by atoms with Gasteiger partial charge in [-0.3, -0.25) is 4.79 Å².